The number of hydrogen-bond acceptors (Lipinski definition) is 3. The third-order valence-corrected chi connectivity index (χ3v) is 3.96. The highest BCUT2D eigenvalue weighted by atomic mass is 35.5. The molecule has 1 aromatic rings. The van der Waals surface area contributed by atoms with Crippen LogP contribution in [0.15, 0.2) is 23.1 Å². The van der Waals surface area contributed by atoms with Gasteiger partial charge in [-0.1, -0.05) is 11.6 Å². The Morgan fingerprint density at radius 1 is 1.41 bits per heavy atom. The Labute approximate surface area is 105 Å². The summed E-state index contributed by atoms with van der Waals surface area (Å²) in [6.07, 6.45) is 0. The number of rotatable bonds is 4. The first kappa shape index (κ1) is 14.4. The minimum absolute atomic E-state index is 0.0240. The molecule has 0 amide bonds. The molecule has 0 saturated heterocycles. The number of hydrogen-bond donors (Lipinski definition) is 2. The second kappa shape index (κ2) is 4.89. The zero-order valence-corrected chi connectivity index (χ0v) is 11.1. The molecule has 96 valence electrons. The molecule has 7 heteroatoms. The van der Waals surface area contributed by atoms with E-state index in [-0.39, 0.29) is 16.5 Å². The Kier molecular flexibility index (Phi) is 4.14. The van der Waals surface area contributed by atoms with E-state index in [0.717, 1.165) is 12.1 Å². The number of benzene rings is 1. The lowest BCUT2D eigenvalue weighted by Crippen LogP contribution is -2.48. The summed E-state index contributed by atoms with van der Waals surface area (Å²) in [5.74, 6) is -0.705. The minimum Gasteiger partial charge on any atom is -0.329 e. The summed E-state index contributed by atoms with van der Waals surface area (Å²) in [5, 5.41) is 0.0240. The van der Waals surface area contributed by atoms with E-state index in [1.165, 1.54) is 6.07 Å². The molecule has 0 saturated carbocycles. The fourth-order valence-electron chi connectivity index (χ4n) is 1.15. The van der Waals surface area contributed by atoms with E-state index in [0.29, 0.717) is 0 Å². The van der Waals surface area contributed by atoms with Crippen LogP contribution < -0.4 is 10.5 Å². The third-order valence-electron chi connectivity index (χ3n) is 2.07. The SMILES string of the molecule is CC(C)(CN)NS(=O)(=O)c1cc(F)cc(Cl)c1. The first-order chi connectivity index (χ1) is 7.66. The molecule has 17 heavy (non-hydrogen) atoms. The fourth-order valence-corrected chi connectivity index (χ4v) is 2.91. The average Bonchev–Trinajstić information content (AvgIpc) is 2.14. The van der Waals surface area contributed by atoms with Gasteiger partial charge in [0.2, 0.25) is 10.0 Å². The molecule has 1 rings (SSSR count). The lowest BCUT2D eigenvalue weighted by atomic mass is 10.1. The molecule has 0 fully saturated rings. The molecule has 0 aromatic heterocycles. The lowest BCUT2D eigenvalue weighted by Gasteiger charge is -2.23. The summed E-state index contributed by atoms with van der Waals surface area (Å²) in [7, 11) is -3.83. The van der Waals surface area contributed by atoms with Crippen LogP contribution in [0.3, 0.4) is 0 Å². The summed E-state index contributed by atoms with van der Waals surface area (Å²) < 4.78 is 39.3. The maximum Gasteiger partial charge on any atom is 0.241 e. The predicted octanol–water partition coefficient (Wildman–Crippen LogP) is 1.49. The number of nitrogens with one attached hydrogen (secondary N) is 1. The first-order valence-corrected chi connectivity index (χ1v) is 6.72. The molecule has 0 aliphatic rings. The number of nitrogens with two attached hydrogens (primary N) is 1. The van der Waals surface area contributed by atoms with E-state index in [2.05, 4.69) is 4.72 Å². The summed E-state index contributed by atoms with van der Waals surface area (Å²) >= 11 is 5.60. The van der Waals surface area contributed by atoms with Crippen LogP contribution in [-0.2, 0) is 10.0 Å². The molecule has 0 radical (unpaired) electrons. The van der Waals surface area contributed by atoms with Crippen molar-refractivity contribution in [3.05, 3.63) is 29.0 Å². The zero-order chi connectivity index (χ0) is 13.3. The van der Waals surface area contributed by atoms with Gasteiger partial charge < -0.3 is 5.73 Å². The van der Waals surface area contributed by atoms with Crippen LogP contribution in [0.4, 0.5) is 4.39 Å². The molecule has 0 aliphatic heterocycles. The van der Waals surface area contributed by atoms with Gasteiger partial charge in [-0.05, 0) is 32.0 Å². The zero-order valence-electron chi connectivity index (χ0n) is 9.50. The van der Waals surface area contributed by atoms with Crippen molar-refractivity contribution in [3.63, 3.8) is 0 Å². The van der Waals surface area contributed by atoms with E-state index in [9.17, 15) is 12.8 Å². The summed E-state index contributed by atoms with van der Waals surface area (Å²) in [4.78, 5) is -0.218. The first-order valence-electron chi connectivity index (χ1n) is 4.86. The molecule has 4 nitrogen and oxygen atoms in total. The van der Waals surface area contributed by atoms with Crippen molar-refractivity contribution in [2.24, 2.45) is 5.73 Å². The molecular formula is C10H14ClFN2O2S. The molecule has 1 aromatic carbocycles. The van der Waals surface area contributed by atoms with Gasteiger partial charge in [-0.25, -0.2) is 17.5 Å². The summed E-state index contributed by atoms with van der Waals surface area (Å²) in [5.41, 5.74) is 4.62. The number of sulfonamides is 1. The van der Waals surface area contributed by atoms with Crippen LogP contribution in [-0.4, -0.2) is 20.5 Å². The van der Waals surface area contributed by atoms with Crippen molar-refractivity contribution >= 4 is 21.6 Å². The quantitative estimate of drug-likeness (QED) is 0.878. The standard InChI is InChI=1S/C10H14ClFN2O2S/c1-10(2,6-13)14-17(15,16)9-4-7(11)3-8(12)5-9/h3-5,14H,6,13H2,1-2H3. The number of halogens is 2. The van der Waals surface area contributed by atoms with Crippen LogP contribution in [0.25, 0.3) is 0 Å². The van der Waals surface area contributed by atoms with E-state index in [1.54, 1.807) is 13.8 Å². The van der Waals surface area contributed by atoms with Crippen LogP contribution in [0.1, 0.15) is 13.8 Å². The smallest absolute Gasteiger partial charge is 0.241 e. The molecule has 0 aliphatic carbocycles. The third kappa shape index (κ3) is 3.92. The maximum absolute atomic E-state index is 13.1. The summed E-state index contributed by atoms with van der Waals surface area (Å²) in [6, 6.07) is 3.12. The highest BCUT2D eigenvalue weighted by Crippen LogP contribution is 2.19. The highest BCUT2D eigenvalue weighted by molar-refractivity contribution is 7.89. The van der Waals surface area contributed by atoms with Gasteiger partial charge in [0.1, 0.15) is 5.82 Å². The maximum atomic E-state index is 13.1. The molecular weight excluding hydrogens is 267 g/mol. The van der Waals surface area contributed by atoms with E-state index in [1.807, 2.05) is 0 Å². The van der Waals surface area contributed by atoms with Crippen LogP contribution >= 0.6 is 11.6 Å². The van der Waals surface area contributed by atoms with Gasteiger partial charge in [0, 0.05) is 17.1 Å². The molecule has 0 bridgehead atoms. The van der Waals surface area contributed by atoms with E-state index in [4.69, 9.17) is 17.3 Å². The van der Waals surface area contributed by atoms with Gasteiger partial charge in [-0.3, -0.25) is 0 Å². The van der Waals surface area contributed by atoms with Gasteiger partial charge in [-0.2, -0.15) is 0 Å². The Balaban J connectivity index is 3.14. The van der Waals surface area contributed by atoms with E-state index >= 15 is 0 Å². The highest BCUT2D eigenvalue weighted by Gasteiger charge is 2.25. The van der Waals surface area contributed by atoms with Gasteiger partial charge in [-0.15, -0.1) is 0 Å². The van der Waals surface area contributed by atoms with Gasteiger partial charge in [0.25, 0.3) is 0 Å². The molecule has 0 atom stereocenters. The van der Waals surface area contributed by atoms with Crippen molar-refractivity contribution < 1.29 is 12.8 Å². The van der Waals surface area contributed by atoms with Crippen LogP contribution in [0, 0.1) is 5.82 Å². The van der Waals surface area contributed by atoms with Crippen molar-refractivity contribution in [1.82, 2.24) is 4.72 Å². The second-order valence-corrected chi connectivity index (χ2v) is 6.42. The molecule has 0 heterocycles. The Bertz CT molecular complexity index is 497. The fraction of sp³-hybridized carbons (Fsp3) is 0.400. The largest absolute Gasteiger partial charge is 0.329 e. The second-order valence-electron chi connectivity index (χ2n) is 4.30. The van der Waals surface area contributed by atoms with Crippen molar-refractivity contribution in [2.75, 3.05) is 6.54 Å². The Morgan fingerprint density at radius 3 is 2.47 bits per heavy atom. The Hall–Kier alpha value is -0.690. The average molecular weight is 281 g/mol. The van der Waals surface area contributed by atoms with Crippen molar-refractivity contribution in [2.45, 2.75) is 24.3 Å². The van der Waals surface area contributed by atoms with Gasteiger partial charge in [0.15, 0.2) is 0 Å². The minimum atomic E-state index is -3.83. The van der Waals surface area contributed by atoms with Gasteiger partial charge in [0.05, 0.1) is 4.90 Å². The summed E-state index contributed by atoms with van der Waals surface area (Å²) in [6.45, 7) is 3.38. The molecule has 0 unspecified atom stereocenters. The van der Waals surface area contributed by atoms with E-state index < -0.39 is 21.4 Å². The van der Waals surface area contributed by atoms with Gasteiger partial charge >= 0.3 is 0 Å². The monoisotopic (exact) mass is 280 g/mol. The molecule has 3 N–H and O–H groups in total. The lowest BCUT2D eigenvalue weighted by molar-refractivity contribution is 0.462. The van der Waals surface area contributed by atoms with Crippen LogP contribution in [0.5, 0.6) is 0 Å². The van der Waals surface area contributed by atoms with Crippen molar-refractivity contribution in [1.29, 1.82) is 0 Å². The molecule has 0 spiro atoms. The predicted molar refractivity (Wildman–Crippen MR) is 64.9 cm³/mol. The van der Waals surface area contributed by atoms with Crippen molar-refractivity contribution in [3.8, 4) is 0 Å². The topological polar surface area (TPSA) is 72.2 Å². The normalized spacial score (nSPS) is 12.8. The Morgan fingerprint density at radius 2 is 2.00 bits per heavy atom. The van der Waals surface area contributed by atoms with Crippen LogP contribution in [0.2, 0.25) is 5.02 Å².